The molecule has 0 N–H and O–H groups in total. The standard InChI is InChI=1S/C17H18O5/c1-3-20-17(18)22-14-9-10-15(19-2)16(11-14)21-12-13-7-5-4-6-8-13/h4-11H,3,12H2,1-2H3. The topological polar surface area (TPSA) is 54.0 Å². The molecule has 0 unspecified atom stereocenters. The van der Waals surface area contributed by atoms with Gasteiger partial charge in [-0.25, -0.2) is 4.79 Å². The number of carbonyl (C=O) groups excluding carboxylic acids is 1. The smallest absolute Gasteiger partial charge is 0.493 e. The van der Waals surface area contributed by atoms with Gasteiger partial charge in [-0.1, -0.05) is 30.3 Å². The summed E-state index contributed by atoms with van der Waals surface area (Å²) in [7, 11) is 1.55. The minimum Gasteiger partial charge on any atom is -0.493 e. The van der Waals surface area contributed by atoms with E-state index in [4.69, 9.17) is 18.9 Å². The van der Waals surface area contributed by atoms with Gasteiger partial charge in [-0.2, -0.15) is 0 Å². The number of benzene rings is 2. The molecule has 2 aromatic rings. The normalized spacial score (nSPS) is 9.91. The molecule has 5 nitrogen and oxygen atoms in total. The molecule has 116 valence electrons. The zero-order valence-corrected chi connectivity index (χ0v) is 12.6. The minimum atomic E-state index is -0.748. The van der Waals surface area contributed by atoms with Crippen LogP contribution in [0.4, 0.5) is 4.79 Å². The Balaban J connectivity index is 2.09. The molecule has 0 heterocycles. The van der Waals surface area contributed by atoms with Gasteiger partial charge in [-0.15, -0.1) is 0 Å². The van der Waals surface area contributed by atoms with Gasteiger partial charge in [0.25, 0.3) is 0 Å². The van der Waals surface area contributed by atoms with Crippen LogP contribution in [-0.2, 0) is 11.3 Å². The van der Waals surface area contributed by atoms with Crippen molar-refractivity contribution < 1.29 is 23.7 Å². The Morgan fingerprint density at radius 3 is 2.50 bits per heavy atom. The first-order valence-corrected chi connectivity index (χ1v) is 6.92. The molecule has 2 rings (SSSR count). The molecule has 0 atom stereocenters. The van der Waals surface area contributed by atoms with Crippen LogP contribution in [0.15, 0.2) is 48.5 Å². The quantitative estimate of drug-likeness (QED) is 0.600. The lowest BCUT2D eigenvalue weighted by Gasteiger charge is -2.12. The van der Waals surface area contributed by atoms with Crippen molar-refractivity contribution in [3.8, 4) is 17.2 Å². The predicted molar refractivity (Wildman–Crippen MR) is 81.4 cm³/mol. The number of ether oxygens (including phenoxy) is 4. The molecule has 0 saturated carbocycles. The maximum absolute atomic E-state index is 11.3. The summed E-state index contributed by atoms with van der Waals surface area (Å²) in [5, 5.41) is 0. The summed E-state index contributed by atoms with van der Waals surface area (Å²) in [6.45, 7) is 2.36. The molecule has 0 radical (unpaired) electrons. The van der Waals surface area contributed by atoms with Crippen LogP contribution in [0, 0.1) is 0 Å². The van der Waals surface area contributed by atoms with Crippen molar-refractivity contribution in [3.05, 3.63) is 54.1 Å². The third-order valence-electron chi connectivity index (χ3n) is 2.84. The molecular formula is C17H18O5. The van der Waals surface area contributed by atoms with E-state index in [1.807, 2.05) is 30.3 Å². The average Bonchev–Trinajstić information content (AvgIpc) is 2.54. The van der Waals surface area contributed by atoms with E-state index in [0.29, 0.717) is 23.9 Å². The van der Waals surface area contributed by atoms with Crippen molar-refractivity contribution in [3.63, 3.8) is 0 Å². The fourth-order valence-corrected chi connectivity index (χ4v) is 1.81. The molecule has 22 heavy (non-hydrogen) atoms. The van der Waals surface area contributed by atoms with Gasteiger partial charge in [-0.05, 0) is 24.6 Å². The van der Waals surface area contributed by atoms with Crippen molar-refractivity contribution in [1.82, 2.24) is 0 Å². The number of methoxy groups -OCH3 is 1. The van der Waals surface area contributed by atoms with Crippen LogP contribution in [0.3, 0.4) is 0 Å². The summed E-state index contributed by atoms with van der Waals surface area (Å²) in [6, 6.07) is 14.6. The second-order valence-electron chi connectivity index (χ2n) is 4.37. The van der Waals surface area contributed by atoms with Crippen LogP contribution in [0.5, 0.6) is 17.2 Å². The number of hydrogen-bond donors (Lipinski definition) is 0. The van der Waals surface area contributed by atoms with Crippen LogP contribution in [0.1, 0.15) is 12.5 Å². The van der Waals surface area contributed by atoms with E-state index in [2.05, 4.69) is 0 Å². The maximum Gasteiger partial charge on any atom is 0.513 e. The maximum atomic E-state index is 11.3. The van der Waals surface area contributed by atoms with E-state index < -0.39 is 6.16 Å². The molecular weight excluding hydrogens is 284 g/mol. The zero-order chi connectivity index (χ0) is 15.8. The van der Waals surface area contributed by atoms with Gasteiger partial charge < -0.3 is 18.9 Å². The van der Waals surface area contributed by atoms with Gasteiger partial charge in [0, 0.05) is 6.07 Å². The highest BCUT2D eigenvalue weighted by Crippen LogP contribution is 2.32. The largest absolute Gasteiger partial charge is 0.513 e. The SMILES string of the molecule is CCOC(=O)Oc1ccc(OC)c(OCc2ccccc2)c1. The third kappa shape index (κ3) is 4.41. The first-order chi connectivity index (χ1) is 10.7. The van der Waals surface area contributed by atoms with Gasteiger partial charge in [0.15, 0.2) is 11.5 Å². The Kier molecular flexibility index (Phi) is 5.65. The van der Waals surface area contributed by atoms with E-state index in [1.54, 1.807) is 32.2 Å². The molecule has 0 bridgehead atoms. The minimum absolute atomic E-state index is 0.256. The third-order valence-corrected chi connectivity index (χ3v) is 2.84. The van der Waals surface area contributed by atoms with Crippen LogP contribution in [-0.4, -0.2) is 19.9 Å². The number of carbonyl (C=O) groups is 1. The summed E-state index contributed by atoms with van der Waals surface area (Å²) in [4.78, 5) is 11.3. The highest BCUT2D eigenvalue weighted by molar-refractivity contribution is 5.64. The van der Waals surface area contributed by atoms with Crippen molar-refractivity contribution in [2.45, 2.75) is 13.5 Å². The fourth-order valence-electron chi connectivity index (χ4n) is 1.81. The molecule has 0 spiro atoms. The lowest BCUT2D eigenvalue weighted by Crippen LogP contribution is -2.10. The van der Waals surface area contributed by atoms with Gasteiger partial charge in [0.1, 0.15) is 12.4 Å². The number of rotatable bonds is 6. The Labute approximate surface area is 129 Å². The van der Waals surface area contributed by atoms with Gasteiger partial charge in [0.2, 0.25) is 0 Å². The summed E-state index contributed by atoms with van der Waals surface area (Å²) in [5.74, 6) is 1.39. The van der Waals surface area contributed by atoms with Crippen molar-refractivity contribution in [2.75, 3.05) is 13.7 Å². The molecule has 0 aliphatic rings. The highest BCUT2D eigenvalue weighted by Gasteiger charge is 2.10. The fraction of sp³-hybridized carbons (Fsp3) is 0.235. The summed E-state index contributed by atoms with van der Waals surface area (Å²) in [6.07, 6.45) is -0.748. The second kappa shape index (κ2) is 7.93. The molecule has 2 aromatic carbocycles. The highest BCUT2D eigenvalue weighted by atomic mass is 16.7. The zero-order valence-electron chi connectivity index (χ0n) is 12.6. The molecule has 0 saturated heterocycles. The van der Waals surface area contributed by atoms with Gasteiger partial charge in [0.05, 0.1) is 13.7 Å². The van der Waals surface area contributed by atoms with Gasteiger partial charge in [-0.3, -0.25) is 0 Å². The predicted octanol–water partition coefficient (Wildman–Crippen LogP) is 3.81. The van der Waals surface area contributed by atoms with Crippen molar-refractivity contribution >= 4 is 6.16 Å². The van der Waals surface area contributed by atoms with E-state index in [0.717, 1.165) is 5.56 Å². The second-order valence-corrected chi connectivity index (χ2v) is 4.37. The van der Waals surface area contributed by atoms with E-state index in [-0.39, 0.29) is 6.61 Å². The Hall–Kier alpha value is -2.69. The van der Waals surface area contributed by atoms with Crippen LogP contribution < -0.4 is 14.2 Å². The monoisotopic (exact) mass is 302 g/mol. The van der Waals surface area contributed by atoms with Crippen LogP contribution >= 0.6 is 0 Å². The Bertz CT molecular complexity index is 610. The molecule has 0 aliphatic carbocycles. The van der Waals surface area contributed by atoms with E-state index >= 15 is 0 Å². The molecule has 0 aliphatic heterocycles. The van der Waals surface area contributed by atoms with Crippen molar-refractivity contribution in [2.24, 2.45) is 0 Å². The van der Waals surface area contributed by atoms with Crippen LogP contribution in [0.2, 0.25) is 0 Å². The molecule has 0 fully saturated rings. The number of hydrogen-bond acceptors (Lipinski definition) is 5. The Morgan fingerprint density at radius 1 is 1.05 bits per heavy atom. The first kappa shape index (κ1) is 15.7. The lowest BCUT2D eigenvalue weighted by molar-refractivity contribution is 0.104. The van der Waals surface area contributed by atoms with Gasteiger partial charge >= 0.3 is 6.16 Å². The molecule has 0 aromatic heterocycles. The lowest BCUT2D eigenvalue weighted by atomic mass is 10.2. The van der Waals surface area contributed by atoms with E-state index in [9.17, 15) is 4.79 Å². The average molecular weight is 302 g/mol. The van der Waals surface area contributed by atoms with Crippen LogP contribution in [0.25, 0.3) is 0 Å². The molecule has 5 heteroatoms. The summed E-state index contributed by atoms with van der Waals surface area (Å²) < 4.78 is 20.8. The summed E-state index contributed by atoms with van der Waals surface area (Å²) >= 11 is 0. The summed E-state index contributed by atoms with van der Waals surface area (Å²) in [5.41, 5.74) is 1.03. The Morgan fingerprint density at radius 2 is 1.82 bits per heavy atom. The first-order valence-electron chi connectivity index (χ1n) is 6.92. The molecule has 0 amide bonds. The van der Waals surface area contributed by atoms with Crippen molar-refractivity contribution in [1.29, 1.82) is 0 Å². The van der Waals surface area contributed by atoms with E-state index in [1.165, 1.54) is 0 Å².